The Hall–Kier alpha value is -0.960. The average Bonchev–Trinajstić information content (AvgIpc) is 2.17. The fourth-order valence-electron chi connectivity index (χ4n) is 2.09. The van der Waals surface area contributed by atoms with Crippen molar-refractivity contribution < 1.29 is 0 Å². The van der Waals surface area contributed by atoms with Crippen LogP contribution in [0.5, 0.6) is 0 Å². The molecule has 82 valence electrons. The van der Waals surface area contributed by atoms with E-state index in [4.69, 9.17) is 5.73 Å². The van der Waals surface area contributed by atoms with Crippen molar-refractivity contribution >= 4 is 0 Å². The summed E-state index contributed by atoms with van der Waals surface area (Å²) >= 11 is 0. The molecule has 1 aliphatic carbocycles. The summed E-state index contributed by atoms with van der Waals surface area (Å²) in [5, 5.41) is 0. The van der Waals surface area contributed by atoms with E-state index in [1.807, 2.05) is 6.20 Å². The number of aromatic nitrogens is 2. The average molecular weight is 205 g/mol. The zero-order valence-electron chi connectivity index (χ0n) is 9.53. The first-order valence-electron chi connectivity index (χ1n) is 5.77. The van der Waals surface area contributed by atoms with Crippen molar-refractivity contribution in [3.8, 4) is 0 Å². The van der Waals surface area contributed by atoms with Gasteiger partial charge in [0.1, 0.15) is 5.82 Å². The first kappa shape index (κ1) is 10.6. The molecule has 1 heterocycles. The van der Waals surface area contributed by atoms with E-state index in [0.29, 0.717) is 5.92 Å². The Morgan fingerprint density at radius 1 is 1.53 bits per heavy atom. The predicted molar refractivity (Wildman–Crippen MR) is 60.4 cm³/mol. The number of hydrogen-bond donors (Lipinski definition) is 1. The van der Waals surface area contributed by atoms with Crippen LogP contribution in [0, 0.1) is 5.92 Å². The molecule has 0 spiro atoms. The van der Waals surface area contributed by atoms with Gasteiger partial charge in [-0.2, -0.15) is 0 Å². The molecule has 1 aromatic rings. The fourth-order valence-corrected chi connectivity index (χ4v) is 2.09. The Bertz CT molecular complexity index is 347. The van der Waals surface area contributed by atoms with Crippen LogP contribution in [0.25, 0.3) is 0 Å². The molecule has 0 radical (unpaired) electrons. The molecule has 1 aromatic heterocycles. The maximum atomic E-state index is 6.02. The Morgan fingerprint density at radius 3 is 3.07 bits per heavy atom. The minimum Gasteiger partial charge on any atom is -0.324 e. The SMILES string of the molecule is CC(C)Cc1ncc2c(n1)CCCC2N. The van der Waals surface area contributed by atoms with Gasteiger partial charge in [0, 0.05) is 29.9 Å². The van der Waals surface area contributed by atoms with Crippen LogP contribution >= 0.6 is 0 Å². The second kappa shape index (κ2) is 4.27. The number of nitrogens with zero attached hydrogens (tertiary/aromatic N) is 2. The van der Waals surface area contributed by atoms with Crippen LogP contribution < -0.4 is 5.73 Å². The zero-order valence-corrected chi connectivity index (χ0v) is 9.53. The predicted octanol–water partition coefficient (Wildman–Crippen LogP) is 2.01. The standard InChI is InChI=1S/C12H19N3/c1-8(2)6-12-14-7-9-10(13)4-3-5-11(9)15-12/h7-8,10H,3-6,13H2,1-2H3. The van der Waals surface area contributed by atoms with E-state index in [1.54, 1.807) is 0 Å². The summed E-state index contributed by atoms with van der Waals surface area (Å²) in [6, 6.07) is 0.154. The van der Waals surface area contributed by atoms with Crippen molar-refractivity contribution in [3.05, 3.63) is 23.3 Å². The third-order valence-electron chi connectivity index (χ3n) is 2.87. The third-order valence-corrected chi connectivity index (χ3v) is 2.87. The van der Waals surface area contributed by atoms with E-state index < -0.39 is 0 Å². The summed E-state index contributed by atoms with van der Waals surface area (Å²) in [5.41, 5.74) is 8.36. The topological polar surface area (TPSA) is 51.8 Å². The van der Waals surface area contributed by atoms with E-state index in [2.05, 4.69) is 23.8 Å². The van der Waals surface area contributed by atoms with Crippen LogP contribution in [0.3, 0.4) is 0 Å². The van der Waals surface area contributed by atoms with E-state index in [-0.39, 0.29) is 6.04 Å². The van der Waals surface area contributed by atoms with Crippen LogP contribution in [0.4, 0.5) is 0 Å². The molecule has 0 fully saturated rings. The van der Waals surface area contributed by atoms with Crippen molar-refractivity contribution in [2.24, 2.45) is 11.7 Å². The molecule has 1 aliphatic rings. The molecule has 0 saturated heterocycles. The summed E-state index contributed by atoms with van der Waals surface area (Å²) in [7, 11) is 0. The summed E-state index contributed by atoms with van der Waals surface area (Å²) in [6.07, 6.45) is 6.19. The van der Waals surface area contributed by atoms with Crippen molar-refractivity contribution in [2.75, 3.05) is 0 Å². The second-order valence-corrected chi connectivity index (χ2v) is 4.78. The molecule has 0 bridgehead atoms. The lowest BCUT2D eigenvalue weighted by Crippen LogP contribution is -2.20. The van der Waals surface area contributed by atoms with Gasteiger partial charge >= 0.3 is 0 Å². The van der Waals surface area contributed by atoms with E-state index >= 15 is 0 Å². The molecule has 2 rings (SSSR count). The van der Waals surface area contributed by atoms with Crippen LogP contribution in [-0.4, -0.2) is 9.97 Å². The molecule has 0 aromatic carbocycles. The van der Waals surface area contributed by atoms with Gasteiger partial charge in [-0.15, -0.1) is 0 Å². The maximum absolute atomic E-state index is 6.02. The van der Waals surface area contributed by atoms with Gasteiger partial charge in [-0.25, -0.2) is 9.97 Å². The molecule has 3 nitrogen and oxygen atoms in total. The lowest BCUT2D eigenvalue weighted by molar-refractivity contribution is 0.545. The molecule has 0 amide bonds. The van der Waals surface area contributed by atoms with E-state index in [1.165, 1.54) is 5.69 Å². The van der Waals surface area contributed by atoms with Gasteiger partial charge in [-0.05, 0) is 25.2 Å². The smallest absolute Gasteiger partial charge is 0.128 e. The van der Waals surface area contributed by atoms with Gasteiger partial charge in [0.05, 0.1) is 0 Å². The molecule has 0 aliphatic heterocycles. The van der Waals surface area contributed by atoms with Gasteiger partial charge < -0.3 is 5.73 Å². The largest absolute Gasteiger partial charge is 0.324 e. The summed E-state index contributed by atoms with van der Waals surface area (Å²) in [5.74, 6) is 1.58. The van der Waals surface area contributed by atoms with Crippen molar-refractivity contribution in [3.63, 3.8) is 0 Å². The Labute approximate surface area is 91.1 Å². The van der Waals surface area contributed by atoms with Crippen molar-refractivity contribution in [2.45, 2.75) is 45.6 Å². The third kappa shape index (κ3) is 2.34. The second-order valence-electron chi connectivity index (χ2n) is 4.78. The highest BCUT2D eigenvalue weighted by Gasteiger charge is 2.18. The quantitative estimate of drug-likeness (QED) is 0.803. The van der Waals surface area contributed by atoms with E-state index in [9.17, 15) is 0 Å². The van der Waals surface area contributed by atoms with Crippen LogP contribution in [0.1, 0.15) is 49.8 Å². The number of hydrogen-bond acceptors (Lipinski definition) is 3. The lowest BCUT2D eigenvalue weighted by Gasteiger charge is -2.21. The minimum absolute atomic E-state index is 0.154. The van der Waals surface area contributed by atoms with Gasteiger partial charge in [-0.3, -0.25) is 0 Å². The summed E-state index contributed by atoms with van der Waals surface area (Å²) < 4.78 is 0. The lowest BCUT2D eigenvalue weighted by atomic mass is 9.93. The number of rotatable bonds is 2. The molecule has 0 saturated carbocycles. The first-order valence-corrected chi connectivity index (χ1v) is 5.77. The Balaban J connectivity index is 2.25. The Morgan fingerprint density at radius 2 is 2.33 bits per heavy atom. The maximum Gasteiger partial charge on any atom is 0.128 e. The van der Waals surface area contributed by atoms with Crippen LogP contribution in [-0.2, 0) is 12.8 Å². The molecular formula is C12H19N3. The summed E-state index contributed by atoms with van der Waals surface area (Å²) in [6.45, 7) is 4.38. The molecule has 1 atom stereocenters. The molecule has 2 N–H and O–H groups in total. The highest BCUT2D eigenvalue weighted by molar-refractivity contribution is 5.24. The molecule has 1 unspecified atom stereocenters. The van der Waals surface area contributed by atoms with Crippen molar-refractivity contribution in [1.82, 2.24) is 9.97 Å². The number of fused-ring (bicyclic) bond motifs is 1. The Kier molecular flexibility index (Phi) is 3.00. The minimum atomic E-state index is 0.154. The van der Waals surface area contributed by atoms with Gasteiger partial charge in [0.25, 0.3) is 0 Å². The number of aryl methyl sites for hydroxylation is 1. The molecular weight excluding hydrogens is 186 g/mol. The monoisotopic (exact) mass is 205 g/mol. The normalized spacial score (nSPS) is 20.4. The number of nitrogens with two attached hydrogens (primary N) is 1. The zero-order chi connectivity index (χ0) is 10.8. The van der Waals surface area contributed by atoms with Crippen molar-refractivity contribution in [1.29, 1.82) is 0 Å². The van der Waals surface area contributed by atoms with Gasteiger partial charge in [0.15, 0.2) is 0 Å². The summed E-state index contributed by atoms with van der Waals surface area (Å²) in [4.78, 5) is 9.00. The highest BCUT2D eigenvalue weighted by atomic mass is 14.9. The fraction of sp³-hybridized carbons (Fsp3) is 0.667. The van der Waals surface area contributed by atoms with E-state index in [0.717, 1.165) is 37.1 Å². The first-order chi connectivity index (χ1) is 7.16. The van der Waals surface area contributed by atoms with Crippen LogP contribution in [0.15, 0.2) is 6.20 Å². The molecule has 15 heavy (non-hydrogen) atoms. The van der Waals surface area contributed by atoms with Crippen LogP contribution in [0.2, 0.25) is 0 Å². The molecule has 3 heteroatoms. The highest BCUT2D eigenvalue weighted by Crippen LogP contribution is 2.25. The van der Waals surface area contributed by atoms with Gasteiger partial charge in [0.2, 0.25) is 0 Å². The van der Waals surface area contributed by atoms with Gasteiger partial charge in [-0.1, -0.05) is 13.8 Å².